The zero-order chi connectivity index (χ0) is 17.3. The Kier molecular flexibility index (Phi) is 4.74. The van der Waals surface area contributed by atoms with Crippen LogP contribution in [0.25, 0.3) is 10.9 Å². The number of rotatable bonds is 4. The van der Waals surface area contributed by atoms with Gasteiger partial charge < -0.3 is 9.47 Å². The molecular weight excluding hydrogens is 300 g/mol. The summed E-state index contributed by atoms with van der Waals surface area (Å²) in [5, 5.41) is 0.940. The minimum Gasteiger partial charge on any atom is -0.338 e. The number of carbonyl (C=O) groups is 2. The van der Waals surface area contributed by atoms with Crippen molar-refractivity contribution >= 4 is 22.6 Å². The monoisotopic (exact) mass is 326 g/mol. The van der Waals surface area contributed by atoms with Crippen LogP contribution in [0.1, 0.15) is 50.4 Å². The topological polar surface area (TPSA) is 42.3 Å². The third-order valence-corrected chi connectivity index (χ3v) is 5.01. The lowest BCUT2D eigenvalue weighted by Gasteiger charge is -2.33. The minimum absolute atomic E-state index is 0.0536. The number of aromatic nitrogens is 1. The summed E-state index contributed by atoms with van der Waals surface area (Å²) in [7, 11) is 0. The maximum absolute atomic E-state index is 12.8. The molecule has 0 radical (unpaired) electrons. The highest BCUT2D eigenvalue weighted by molar-refractivity contribution is 6.09. The number of piperidine rings is 1. The summed E-state index contributed by atoms with van der Waals surface area (Å²) in [6.45, 7) is 7.09. The normalized spacial score (nSPS) is 18.3. The number of likely N-dealkylation sites (tertiary alicyclic amines) is 1. The van der Waals surface area contributed by atoms with Crippen LogP contribution in [0.5, 0.6) is 0 Å². The van der Waals surface area contributed by atoms with Crippen LogP contribution in [-0.4, -0.2) is 33.7 Å². The van der Waals surface area contributed by atoms with Gasteiger partial charge in [-0.3, -0.25) is 9.59 Å². The molecule has 3 rings (SSSR count). The molecule has 1 saturated heterocycles. The van der Waals surface area contributed by atoms with E-state index in [-0.39, 0.29) is 17.6 Å². The van der Waals surface area contributed by atoms with Crippen LogP contribution in [-0.2, 0) is 11.3 Å². The van der Waals surface area contributed by atoms with E-state index in [9.17, 15) is 9.59 Å². The predicted octanol–water partition coefficient (Wildman–Crippen LogP) is 3.88. The Morgan fingerprint density at radius 2 is 1.96 bits per heavy atom. The average molecular weight is 326 g/mol. The van der Waals surface area contributed by atoms with Crippen molar-refractivity contribution in [3.63, 3.8) is 0 Å². The Hall–Kier alpha value is -2.10. The van der Waals surface area contributed by atoms with E-state index in [0.717, 1.165) is 35.9 Å². The van der Waals surface area contributed by atoms with Crippen LogP contribution in [0.3, 0.4) is 0 Å². The van der Waals surface area contributed by atoms with Gasteiger partial charge in [0.25, 0.3) is 0 Å². The number of nitrogens with zero attached hydrogens (tertiary/aromatic N) is 2. The van der Waals surface area contributed by atoms with Gasteiger partial charge in [0.1, 0.15) is 6.54 Å². The number of hydrogen-bond acceptors (Lipinski definition) is 2. The number of benzene rings is 1. The van der Waals surface area contributed by atoms with Crippen LogP contribution < -0.4 is 0 Å². The molecular formula is C20H26N2O2. The largest absolute Gasteiger partial charge is 0.338 e. The van der Waals surface area contributed by atoms with Crippen molar-refractivity contribution in [1.82, 2.24) is 9.47 Å². The second-order valence-corrected chi connectivity index (χ2v) is 7.14. The standard InChI is InChI=1S/C20H26N2O2/c1-14(2)20(24)17-12-21(18-10-5-4-9-16(17)18)13-19(23)22-11-7-6-8-15(22)3/h4-5,9-10,12,14-15H,6-8,11,13H2,1-3H3/t15-/m1/s1. The van der Waals surface area contributed by atoms with Gasteiger partial charge in [-0.2, -0.15) is 0 Å². The summed E-state index contributed by atoms with van der Waals surface area (Å²) in [6.07, 6.45) is 5.22. The quantitative estimate of drug-likeness (QED) is 0.800. The molecule has 1 amide bonds. The van der Waals surface area contributed by atoms with Gasteiger partial charge >= 0.3 is 0 Å². The van der Waals surface area contributed by atoms with Crippen molar-refractivity contribution in [3.8, 4) is 0 Å². The maximum atomic E-state index is 12.8. The average Bonchev–Trinajstić information content (AvgIpc) is 2.93. The molecule has 0 bridgehead atoms. The van der Waals surface area contributed by atoms with Crippen molar-refractivity contribution in [3.05, 3.63) is 36.0 Å². The van der Waals surface area contributed by atoms with Crippen molar-refractivity contribution in [2.75, 3.05) is 6.54 Å². The van der Waals surface area contributed by atoms with Crippen LogP contribution >= 0.6 is 0 Å². The molecule has 1 fully saturated rings. The van der Waals surface area contributed by atoms with Gasteiger partial charge in [0.05, 0.1) is 0 Å². The number of para-hydroxylation sites is 1. The molecule has 2 aromatic rings. The summed E-state index contributed by atoms with van der Waals surface area (Å²) in [5.41, 5.74) is 1.68. The summed E-state index contributed by atoms with van der Waals surface area (Å²) >= 11 is 0. The highest BCUT2D eigenvalue weighted by atomic mass is 16.2. The molecule has 0 saturated carbocycles. The van der Waals surface area contributed by atoms with E-state index in [1.54, 1.807) is 0 Å². The predicted molar refractivity (Wildman–Crippen MR) is 96.1 cm³/mol. The fourth-order valence-electron chi connectivity index (χ4n) is 3.59. The van der Waals surface area contributed by atoms with Crippen LogP contribution in [0.4, 0.5) is 0 Å². The summed E-state index contributed by atoms with van der Waals surface area (Å²) < 4.78 is 1.94. The summed E-state index contributed by atoms with van der Waals surface area (Å²) in [4.78, 5) is 27.2. The first kappa shape index (κ1) is 16.7. The SMILES string of the molecule is CC(C)C(=O)c1cn(CC(=O)N2CCCC[C@H]2C)c2ccccc12. The van der Waals surface area contributed by atoms with Crippen LogP contribution in [0, 0.1) is 5.92 Å². The third-order valence-electron chi connectivity index (χ3n) is 5.01. The number of ketones is 1. The molecule has 4 nitrogen and oxygen atoms in total. The number of amides is 1. The van der Waals surface area contributed by atoms with E-state index < -0.39 is 0 Å². The third kappa shape index (κ3) is 3.10. The van der Waals surface area contributed by atoms with Crippen molar-refractivity contribution in [1.29, 1.82) is 0 Å². The molecule has 4 heteroatoms. The van der Waals surface area contributed by atoms with E-state index in [0.29, 0.717) is 12.6 Å². The van der Waals surface area contributed by atoms with Gasteiger partial charge in [-0.05, 0) is 32.3 Å². The first-order chi connectivity index (χ1) is 11.5. The zero-order valence-corrected chi connectivity index (χ0v) is 14.8. The molecule has 0 N–H and O–H groups in total. The molecule has 1 aliphatic rings. The highest BCUT2D eigenvalue weighted by Gasteiger charge is 2.24. The van der Waals surface area contributed by atoms with Gasteiger partial charge in [0.15, 0.2) is 5.78 Å². The first-order valence-corrected chi connectivity index (χ1v) is 8.90. The van der Waals surface area contributed by atoms with Crippen molar-refractivity contribution < 1.29 is 9.59 Å². The molecule has 1 aromatic heterocycles. The van der Waals surface area contributed by atoms with E-state index >= 15 is 0 Å². The van der Waals surface area contributed by atoms with Gasteiger partial charge in [0.2, 0.25) is 5.91 Å². The molecule has 1 aliphatic heterocycles. The Balaban J connectivity index is 1.92. The van der Waals surface area contributed by atoms with Gasteiger partial charge in [-0.1, -0.05) is 32.0 Å². The molecule has 0 aliphatic carbocycles. The lowest BCUT2D eigenvalue weighted by molar-refractivity contribution is -0.135. The number of Topliss-reactive ketones (excluding diaryl/α,β-unsaturated/α-hetero) is 1. The first-order valence-electron chi connectivity index (χ1n) is 8.90. The molecule has 1 atom stereocenters. The van der Waals surface area contributed by atoms with Gasteiger partial charge in [-0.15, -0.1) is 0 Å². The summed E-state index contributed by atoms with van der Waals surface area (Å²) in [6, 6.07) is 8.16. The molecule has 24 heavy (non-hydrogen) atoms. The van der Waals surface area contributed by atoms with Gasteiger partial charge in [0, 0.05) is 41.2 Å². The molecule has 1 aromatic carbocycles. The lowest BCUT2D eigenvalue weighted by atomic mass is 10.0. The van der Waals surface area contributed by atoms with E-state index in [1.165, 1.54) is 6.42 Å². The second kappa shape index (κ2) is 6.80. The Morgan fingerprint density at radius 1 is 1.21 bits per heavy atom. The van der Waals surface area contributed by atoms with E-state index in [2.05, 4.69) is 6.92 Å². The van der Waals surface area contributed by atoms with Crippen molar-refractivity contribution in [2.24, 2.45) is 5.92 Å². The van der Waals surface area contributed by atoms with E-state index in [1.807, 2.05) is 53.8 Å². The molecule has 128 valence electrons. The fourth-order valence-corrected chi connectivity index (χ4v) is 3.59. The Labute approximate surface area is 143 Å². The van der Waals surface area contributed by atoms with Crippen LogP contribution in [0.2, 0.25) is 0 Å². The number of fused-ring (bicyclic) bond motifs is 1. The lowest BCUT2D eigenvalue weighted by Crippen LogP contribution is -2.43. The fraction of sp³-hybridized carbons (Fsp3) is 0.500. The van der Waals surface area contributed by atoms with Crippen LogP contribution in [0.15, 0.2) is 30.5 Å². The maximum Gasteiger partial charge on any atom is 0.242 e. The zero-order valence-electron chi connectivity index (χ0n) is 14.8. The molecule has 0 unspecified atom stereocenters. The Bertz CT molecular complexity index is 760. The number of hydrogen-bond donors (Lipinski definition) is 0. The minimum atomic E-state index is -0.0536. The summed E-state index contributed by atoms with van der Waals surface area (Å²) in [5.74, 6) is 0.220. The molecule has 2 heterocycles. The second-order valence-electron chi connectivity index (χ2n) is 7.14. The van der Waals surface area contributed by atoms with Crippen molar-refractivity contribution in [2.45, 2.75) is 52.6 Å². The van der Waals surface area contributed by atoms with Gasteiger partial charge in [-0.25, -0.2) is 0 Å². The van der Waals surface area contributed by atoms with E-state index in [4.69, 9.17) is 0 Å². The number of carbonyl (C=O) groups excluding carboxylic acids is 2. The smallest absolute Gasteiger partial charge is 0.242 e. The molecule has 0 spiro atoms. The Morgan fingerprint density at radius 3 is 2.67 bits per heavy atom. The highest BCUT2D eigenvalue weighted by Crippen LogP contribution is 2.25.